The second-order valence-electron chi connectivity index (χ2n) is 4.97. The molecule has 1 rings (SSSR count). The van der Waals surface area contributed by atoms with Crippen LogP contribution in [0.2, 0.25) is 0 Å². The van der Waals surface area contributed by atoms with E-state index in [-0.39, 0.29) is 5.41 Å². The fourth-order valence-corrected chi connectivity index (χ4v) is 2.02. The van der Waals surface area contributed by atoms with Crippen molar-refractivity contribution in [2.75, 3.05) is 7.05 Å². The van der Waals surface area contributed by atoms with E-state index in [2.05, 4.69) is 39.3 Å². The number of nitrogens with zero attached hydrogens (tertiary/aromatic N) is 1. The molecule has 1 aliphatic rings. The molecule has 0 aromatic carbocycles. The third-order valence-corrected chi connectivity index (χ3v) is 2.83. The SMILES string of the molecule is C=CC1=C(C=NC)C(C)(C)CCC1.CC.CCC. The largest absolute Gasteiger partial charge is 0.296 e. The Kier molecular flexibility index (Phi) is 12.2. The van der Waals surface area contributed by atoms with Crippen LogP contribution in [0.5, 0.6) is 0 Å². The second-order valence-corrected chi connectivity index (χ2v) is 4.97. The van der Waals surface area contributed by atoms with Gasteiger partial charge in [0.25, 0.3) is 0 Å². The summed E-state index contributed by atoms with van der Waals surface area (Å²) in [7, 11) is 1.83. The van der Waals surface area contributed by atoms with Crippen LogP contribution in [0.3, 0.4) is 0 Å². The number of allylic oxidation sites excluding steroid dienone is 3. The predicted molar refractivity (Wildman–Crippen MR) is 86.6 cm³/mol. The Bertz CT molecular complexity index is 269. The van der Waals surface area contributed by atoms with Crippen molar-refractivity contribution in [3.05, 3.63) is 23.8 Å². The van der Waals surface area contributed by atoms with Gasteiger partial charge in [0, 0.05) is 13.3 Å². The smallest absolute Gasteiger partial charge is 0.0277 e. The van der Waals surface area contributed by atoms with E-state index in [1.165, 1.54) is 30.4 Å². The standard InChI is InChI=1S/C12H19N.C3H8.C2H6/c1-5-10-7-6-8-12(2,3)11(10)9-13-4;1-3-2;1-2/h5,9H,1,6-8H2,2-4H3;3H2,1-2H3;1-2H3. The molecule has 0 bridgehead atoms. The van der Waals surface area contributed by atoms with Crippen LogP contribution in [0, 0.1) is 5.41 Å². The van der Waals surface area contributed by atoms with Crippen molar-refractivity contribution < 1.29 is 0 Å². The zero-order chi connectivity index (χ0) is 14.6. The van der Waals surface area contributed by atoms with Gasteiger partial charge in [0.1, 0.15) is 0 Å². The van der Waals surface area contributed by atoms with E-state index in [9.17, 15) is 0 Å². The normalized spacial score (nSPS) is 17.5. The highest BCUT2D eigenvalue weighted by atomic mass is 14.6. The van der Waals surface area contributed by atoms with Crippen LogP contribution < -0.4 is 0 Å². The molecule has 0 aromatic heterocycles. The summed E-state index contributed by atoms with van der Waals surface area (Å²) in [5.41, 5.74) is 3.03. The lowest BCUT2D eigenvalue weighted by atomic mass is 9.73. The minimum Gasteiger partial charge on any atom is -0.296 e. The van der Waals surface area contributed by atoms with Gasteiger partial charge in [-0.25, -0.2) is 0 Å². The molecule has 0 aliphatic heterocycles. The summed E-state index contributed by atoms with van der Waals surface area (Å²) in [5.74, 6) is 0. The maximum Gasteiger partial charge on any atom is 0.0277 e. The number of hydrogen-bond donors (Lipinski definition) is 0. The van der Waals surface area contributed by atoms with E-state index in [1.807, 2.05) is 33.2 Å². The summed E-state index contributed by atoms with van der Waals surface area (Å²) in [6.07, 6.45) is 8.92. The van der Waals surface area contributed by atoms with Crippen LogP contribution in [0.1, 0.15) is 67.2 Å². The van der Waals surface area contributed by atoms with Crippen molar-refractivity contribution in [1.29, 1.82) is 0 Å². The van der Waals surface area contributed by atoms with Crippen molar-refractivity contribution in [3.63, 3.8) is 0 Å². The molecular weight excluding hydrogens is 218 g/mol. The van der Waals surface area contributed by atoms with Gasteiger partial charge in [0.15, 0.2) is 0 Å². The van der Waals surface area contributed by atoms with Crippen LogP contribution in [-0.2, 0) is 0 Å². The summed E-state index contributed by atoms with van der Waals surface area (Å²) in [4.78, 5) is 4.12. The van der Waals surface area contributed by atoms with E-state index in [0.717, 1.165) is 6.42 Å². The highest BCUT2D eigenvalue weighted by Gasteiger charge is 2.27. The lowest BCUT2D eigenvalue weighted by molar-refractivity contribution is 0.386. The van der Waals surface area contributed by atoms with Crippen molar-refractivity contribution in [3.8, 4) is 0 Å². The maximum absolute atomic E-state index is 4.12. The Morgan fingerprint density at radius 2 is 1.78 bits per heavy atom. The van der Waals surface area contributed by atoms with Gasteiger partial charge in [0.2, 0.25) is 0 Å². The summed E-state index contributed by atoms with van der Waals surface area (Å²) >= 11 is 0. The molecule has 0 fully saturated rings. The van der Waals surface area contributed by atoms with Crippen molar-refractivity contribution in [1.82, 2.24) is 0 Å². The molecule has 1 nitrogen and oxygen atoms in total. The summed E-state index contributed by atoms with van der Waals surface area (Å²) < 4.78 is 0. The van der Waals surface area contributed by atoms with E-state index in [0.29, 0.717) is 0 Å². The zero-order valence-corrected chi connectivity index (χ0v) is 13.6. The fraction of sp³-hybridized carbons (Fsp3) is 0.706. The Hall–Kier alpha value is -0.850. The van der Waals surface area contributed by atoms with Gasteiger partial charge in [-0.3, -0.25) is 4.99 Å². The molecule has 0 N–H and O–H groups in total. The third kappa shape index (κ3) is 6.78. The van der Waals surface area contributed by atoms with Gasteiger partial charge in [0.05, 0.1) is 0 Å². The van der Waals surface area contributed by atoms with Gasteiger partial charge < -0.3 is 0 Å². The van der Waals surface area contributed by atoms with E-state index < -0.39 is 0 Å². The van der Waals surface area contributed by atoms with Gasteiger partial charge in [-0.05, 0) is 35.8 Å². The van der Waals surface area contributed by atoms with Gasteiger partial charge in [-0.2, -0.15) is 0 Å². The van der Waals surface area contributed by atoms with Crippen LogP contribution >= 0.6 is 0 Å². The predicted octanol–water partition coefficient (Wildman–Crippen LogP) is 5.82. The molecule has 1 aliphatic carbocycles. The van der Waals surface area contributed by atoms with Crippen LogP contribution in [-0.4, -0.2) is 13.3 Å². The fourth-order valence-electron chi connectivity index (χ4n) is 2.02. The molecule has 0 unspecified atom stereocenters. The molecule has 0 atom stereocenters. The van der Waals surface area contributed by atoms with Crippen molar-refractivity contribution >= 4 is 6.21 Å². The zero-order valence-electron chi connectivity index (χ0n) is 13.6. The molecule has 0 aromatic rings. The Labute approximate surface area is 115 Å². The molecule has 0 amide bonds. The monoisotopic (exact) mass is 251 g/mol. The quantitative estimate of drug-likeness (QED) is 0.548. The van der Waals surface area contributed by atoms with Crippen molar-refractivity contribution in [2.45, 2.75) is 67.2 Å². The number of aliphatic imine (C=N–C) groups is 1. The molecule has 1 heteroatoms. The topological polar surface area (TPSA) is 12.4 Å². The first-order valence-corrected chi connectivity index (χ1v) is 7.31. The van der Waals surface area contributed by atoms with E-state index >= 15 is 0 Å². The molecule has 0 radical (unpaired) electrons. The highest BCUT2D eigenvalue weighted by Crippen LogP contribution is 2.39. The van der Waals surface area contributed by atoms with Gasteiger partial charge >= 0.3 is 0 Å². The molecule has 0 saturated carbocycles. The van der Waals surface area contributed by atoms with Gasteiger partial charge in [-0.15, -0.1) is 0 Å². The molecule has 106 valence electrons. The Morgan fingerprint density at radius 3 is 2.17 bits per heavy atom. The van der Waals surface area contributed by atoms with Crippen LogP contribution in [0.25, 0.3) is 0 Å². The minimum atomic E-state index is 0.279. The first-order valence-electron chi connectivity index (χ1n) is 7.31. The van der Waals surface area contributed by atoms with E-state index in [1.54, 1.807) is 0 Å². The van der Waals surface area contributed by atoms with Crippen LogP contribution in [0.4, 0.5) is 0 Å². The summed E-state index contributed by atoms with van der Waals surface area (Å²) in [6.45, 7) is 16.7. The average Bonchev–Trinajstić information content (AvgIpc) is 2.35. The Morgan fingerprint density at radius 1 is 1.28 bits per heavy atom. The average molecular weight is 251 g/mol. The molecule has 0 heterocycles. The summed E-state index contributed by atoms with van der Waals surface area (Å²) in [5, 5.41) is 0. The van der Waals surface area contributed by atoms with Gasteiger partial charge in [-0.1, -0.05) is 60.6 Å². The Balaban J connectivity index is 0. The second kappa shape index (κ2) is 11.3. The lowest BCUT2D eigenvalue weighted by Gasteiger charge is -2.32. The number of hydrogen-bond acceptors (Lipinski definition) is 1. The minimum absolute atomic E-state index is 0.279. The van der Waals surface area contributed by atoms with Crippen molar-refractivity contribution in [2.24, 2.45) is 10.4 Å². The molecule has 0 spiro atoms. The molecular formula is C17H33N. The first kappa shape index (κ1) is 19.5. The van der Waals surface area contributed by atoms with E-state index in [4.69, 9.17) is 0 Å². The molecule has 18 heavy (non-hydrogen) atoms. The maximum atomic E-state index is 4.12. The first-order chi connectivity index (χ1) is 8.53. The number of rotatable bonds is 2. The molecule has 0 saturated heterocycles. The lowest BCUT2D eigenvalue weighted by Crippen LogP contribution is -2.21. The summed E-state index contributed by atoms with van der Waals surface area (Å²) in [6, 6.07) is 0. The highest BCUT2D eigenvalue weighted by molar-refractivity contribution is 5.82. The third-order valence-electron chi connectivity index (χ3n) is 2.83. The van der Waals surface area contributed by atoms with Crippen LogP contribution in [0.15, 0.2) is 28.8 Å².